The molecule has 0 saturated carbocycles. The Kier molecular flexibility index (Phi) is 3.52. The fourth-order valence-electron chi connectivity index (χ4n) is 2.11. The molecule has 98 valence electrons. The third-order valence-electron chi connectivity index (χ3n) is 3.29. The molecule has 1 heterocycles. The lowest BCUT2D eigenvalue weighted by molar-refractivity contribution is -0.120. The summed E-state index contributed by atoms with van der Waals surface area (Å²) >= 11 is 0. The van der Waals surface area contributed by atoms with Crippen molar-refractivity contribution in [2.45, 2.75) is 19.8 Å². The summed E-state index contributed by atoms with van der Waals surface area (Å²) in [6, 6.07) is 7.37. The minimum absolute atomic E-state index is 0.0374. The molecule has 0 fully saturated rings. The molecule has 1 aliphatic rings. The van der Waals surface area contributed by atoms with Crippen molar-refractivity contribution < 1.29 is 9.59 Å². The molecule has 1 aromatic carbocycles. The number of benzene rings is 1. The topological polar surface area (TPSA) is 73.2 Å². The highest BCUT2D eigenvalue weighted by Gasteiger charge is 2.23. The zero-order chi connectivity index (χ0) is 14.0. The van der Waals surface area contributed by atoms with E-state index in [2.05, 4.69) is 5.32 Å². The predicted molar refractivity (Wildman–Crippen MR) is 71.6 cm³/mol. The molecule has 5 heteroatoms. The van der Waals surface area contributed by atoms with Crippen LogP contribution in [0.4, 0.5) is 11.4 Å². The molecule has 0 aliphatic carbocycles. The van der Waals surface area contributed by atoms with Crippen LogP contribution in [-0.2, 0) is 16.0 Å². The van der Waals surface area contributed by atoms with E-state index in [0.717, 1.165) is 11.3 Å². The number of rotatable bonds is 3. The molecule has 0 bridgehead atoms. The largest absolute Gasteiger partial charge is 0.326 e. The van der Waals surface area contributed by atoms with E-state index >= 15 is 0 Å². The Hall–Kier alpha value is -2.35. The van der Waals surface area contributed by atoms with Gasteiger partial charge < -0.3 is 10.2 Å². The Morgan fingerprint density at radius 1 is 1.58 bits per heavy atom. The van der Waals surface area contributed by atoms with E-state index < -0.39 is 5.92 Å². The van der Waals surface area contributed by atoms with Crippen LogP contribution in [0.25, 0.3) is 0 Å². The van der Waals surface area contributed by atoms with Crippen molar-refractivity contribution in [3.05, 3.63) is 23.8 Å². The first-order valence-corrected chi connectivity index (χ1v) is 6.16. The standard InChI is InChI=1S/C14H15N3O2/c1-3-9(8-15)14(19)17(2)11-4-5-12-10(6-11)7-13(18)16-12/h4-6,9H,3,7H2,1-2H3,(H,16,18). The summed E-state index contributed by atoms with van der Waals surface area (Å²) in [6.07, 6.45) is 0.825. The molecule has 0 saturated heterocycles. The molecule has 19 heavy (non-hydrogen) atoms. The monoisotopic (exact) mass is 257 g/mol. The zero-order valence-electron chi connectivity index (χ0n) is 10.9. The summed E-state index contributed by atoms with van der Waals surface area (Å²) < 4.78 is 0. The second-order valence-electron chi connectivity index (χ2n) is 4.55. The third kappa shape index (κ3) is 2.43. The molecule has 0 spiro atoms. The van der Waals surface area contributed by atoms with Crippen LogP contribution in [0.1, 0.15) is 18.9 Å². The first kappa shape index (κ1) is 13.1. The number of hydrogen-bond donors (Lipinski definition) is 1. The van der Waals surface area contributed by atoms with Gasteiger partial charge in [0.2, 0.25) is 11.8 Å². The van der Waals surface area contributed by atoms with Crippen LogP contribution >= 0.6 is 0 Å². The molecule has 2 rings (SSSR count). The van der Waals surface area contributed by atoms with Gasteiger partial charge in [0, 0.05) is 18.4 Å². The van der Waals surface area contributed by atoms with Crippen molar-refractivity contribution in [3.8, 4) is 6.07 Å². The van der Waals surface area contributed by atoms with Crippen LogP contribution in [0.2, 0.25) is 0 Å². The second-order valence-corrected chi connectivity index (χ2v) is 4.55. The number of hydrogen-bond acceptors (Lipinski definition) is 3. The Morgan fingerprint density at radius 2 is 2.32 bits per heavy atom. The highest BCUT2D eigenvalue weighted by Crippen LogP contribution is 2.28. The minimum atomic E-state index is -0.627. The summed E-state index contributed by atoms with van der Waals surface area (Å²) in [5, 5.41) is 11.7. The van der Waals surface area contributed by atoms with Crippen LogP contribution in [0.5, 0.6) is 0 Å². The highest BCUT2D eigenvalue weighted by molar-refractivity contribution is 6.01. The quantitative estimate of drug-likeness (QED) is 0.895. The molecule has 1 unspecified atom stereocenters. The first-order valence-electron chi connectivity index (χ1n) is 6.16. The van der Waals surface area contributed by atoms with E-state index in [1.807, 2.05) is 19.1 Å². The number of nitriles is 1. The van der Waals surface area contributed by atoms with Crippen LogP contribution in [0.3, 0.4) is 0 Å². The number of fused-ring (bicyclic) bond motifs is 1. The Bertz CT molecular complexity index is 575. The summed E-state index contributed by atoms with van der Waals surface area (Å²) in [5.41, 5.74) is 2.38. The van der Waals surface area contributed by atoms with Gasteiger partial charge in [0.1, 0.15) is 5.92 Å². The van der Waals surface area contributed by atoms with Crippen molar-refractivity contribution in [2.24, 2.45) is 5.92 Å². The molecule has 2 amide bonds. The van der Waals surface area contributed by atoms with Crippen LogP contribution in [0.15, 0.2) is 18.2 Å². The highest BCUT2D eigenvalue weighted by atomic mass is 16.2. The van der Waals surface area contributed by atoms with Crippen molar-refractivity contribution in [1.82, 2.24) is 0 Å². The maximum Gasteiger partial charge on any atom is 0.244 e. The average Bonchev–Trinajstić information content (AvgIpc) is 2.78. The Labute approximate surface area is 111 Å². The van der Waals surface area contributed by atoms with Gasteiger partial charge in [0.05, 0.1) is 12.5 Å². The predicted octanol–water partition coefficient (Wildman–Crippen LogP) is 1.69. The molecular weight excluding hydrogens is 242 g/mol. The van der Waals surface area contributed by atoms with Gasteiger partial charge >= 0.3 is 0 Å². The van der Waals surface area contributed by atoms with Gasteiger partial charge in [-0.15, -0.1) is 0 Å². The van der Waals surface area contributed by atoms with E-state index in [0.29, 0.717) is 18.5 Å². The van der Waals surface area contributed by atoms with Crippen molar-refractivity contribution in [1.29, 1.82) is 5.26 Å². The molecule has 0 radical (unpaired) electrons. The summed E-state index contributed by atoms with van der Waals surface area (Å²) in [6.45, 7) is 1.81. The summed E-state index contributed by atoms with van der Waals surface area (Å²) in [5.74, 6) is -0.884. The van der Waals surface area contributed by atoms with Gasteiger partial charge in [-0.25, -0.2) is 0 Å². The lowest BCUT2D eigenvalue weighted by atomic mass is 10.1. The molecule has 1 N–H and O–H groups in total. The van der Waals surface area contributed by atoms with E-state index in [1.165, 1.54) is 4.90 Å². The fourth-order valence-corrected chi connectivity index (χ4v) is 2.11. The molecule has 5 nitrogen and oxygen atoms in total. The van der Waals surface area contributed by atoms with E-state index in [1.54, 1.807) is 19.2 Å². The molecule has 0 aromatic heterocycles. The van der Waals surface area contributed by atoms with Crippen molar-refractivity contribution >= 4 is 23.2 Å². The normalized spacial score (nSPS) is 14.3. The van der Waals surface area contributed by atoms with Crippen LogP contribution in [0, 0.1) is 17.2 Å². The number of nitrogens with zero attached hydrogens (tertiary/aromatic N) is 2. The Morgan fingerprint density at radius 3 is 2.95 bits per heavy atom. The minimum Gasteiger partial charge on any atom is -0.326 e. The number of nitrogens with one attached hydrogen (secondary N) is 1. The zero-order valence-corrected chi connectivity index (χ0v) is 10.9. The van der Waals surface area contributed by atoms with Gasteiger partial charge in [0.25, 0.3) is 0 Å². The van der Waals surface area contributed by atoms with Gasteiger partial charge in [-0.2, -0.15) is 5.26 Å². The second kappa shape index (κ2) is 5.11. The fraction of sp³-hybridized carbons (Fsp3) is 0.357. The first-order chi connectivity index (χ1) is 9.06. The maximum absolute atomic E-state index is 12.1. The summed E-state index contributed by atoms with van der Waals surface area (Å²) in [4.78, 5) is 24.8. The molecule has 1 aromatic rings. The van der Waals surface area contributed by atoms with Crippen LogP contribution < -0.4 is 10.2 Å². The van der Waals surface area contributed by atoms with E-state index in [4.69, 9.17) is 5.26 Å². The SMILES string of the molecule is CCC(C#N)C(=O)N(C)c1ccc2c(c1)CC(=O)N2. The van der Waals surface area contributed by atoms with Crippen molar-refractivity contribution in [3.63, 3.8) is 0 Å². The van der Waals surface area contributed by atoms with E-state index in [9.17, 15) is 9.59 Å². The molecule has 1 atom stereocenters. The third-order valence-corrected chi connectivity index (χ3v) is 3.29. The molecular formula is C14H15N3O2. The van der Waals surface area contributed by atoms with E-state index in [-0.39, 0.29) is 11.8 Å². The maximum atomic E-state index is 12.1. The summed E-state index contributed by atoms with van der Waals surface area (Å²) in [7, 11) is 1.65. The average molecular weight is 257 g/mol. The number of carbonyl (C=O) groups excluding carboxylic acids is 2. The lowest BCUT2D eigenvalue weighted by Gasteiger charge is -2.20. The van der Waals surface area contributed by atoms with Gasteiger partial charge in [-0.1, -0.05) is 6.92 Å². The lowest BCUT2D eigenvalue weighted by Crippen LogP contribution is -2.32. The van der Waals surface area contributed by atoms with Crippen LogP contribution in [-0.4, -0.2) is 18.9 Å². The number of amides is 2. The van der Waals surface area contributed by atoms with Gasteiger partial charge in [0.15, 0.2) is 0 Å². The Balaban J connectivity index is 2.24. The van der Waals surface area contributed by atoms with Crippen molar-refractivity contribution in [2.75, 3.05) is 17.3 Å². The number of anilines is 2. The number of carbonyl (C=O) groups is 2. The van der Waals surface area contributed by atoms with Gasteiger partial charge in [-0.3, -0.25) is 9.59 Å². The molecule has 1 aliphatic heterocycles. The smallest absolute Gasteiger partial charge is 0.244 e. The van der Waals surface area contributed by atoms with Gasteiger partial charge in [-0.05, 0) is 30.2 Å².